The van der Waals surface area contributed by atoms with Gasteiger partial charge in [-0.05, 0) is 19.4 Å². The molecule has 0 saturated carbocycles. The molecule has 0 fully saturated rings. The largest absolute Gasteiger partial charge is 0.463 e. The molecule has 0 spiro atoms. The van der Waals surface area contributed by atoms with Crippen LogP contribution >= 0.6 is 21.8 Å². The van der Waals surface area contributed by atoms with E-state index >= 15 is 0 Å². The van der Waals surface area contributed by atoms with Gasteiger partial charge in [-0.1, -0.05) is 19.2 Å². The van der Waals surface area contributed by atoms with Gasteiger partial charge in [0.1, 0.15) is 5.57 Å². The molecular weight excluding hydrogens is 295 g/mol. The standard InChI is InChI=1S/C9H17IO2Si/c1-4-6-9(11)12-7-5-8-13(2,3)10/h4,6H,5,7-8H2,1-3H3. The topological polar surface area (TPSA) is 26.3 Å². The summed E-state index contributed by atoms with van der Waals surface area (Å²) in [6.45, 7) is 6.98. The third kappa shape index (κ3) is 10.1. The van der Waals surface area contributed by atoms with E-state index in [1.54, 1.807) is 6.08 Å². The van der Waals surface area contributed by atoms with Gasteiger partial charge >= 0.3 is 5.97 Å². The summed E-state index contributed by atoms with van der Waals surface area (Å²) in [5.41, 5.74) is -0.987. The lowest BCUT2D eigenvalue weighted by Gasteiger charge is -2.12. The van der Waals surface area contributed by atoms with Crippen molar-refractivity contribution in [2.75, 3.05) is 6.61 Å². The smallest absolute Gasteiger partial charge is 0.330 e. The Balaban J connectivity index is 3.41. The van der Waals surface area contributed by atoms with Crippen LogP contribution in [0.5, 0.6) is 0 Å². The van der Waals surface area contributed by atoms with Gasteiger partial charge in [0.25, 0.3) is 0 Å². The van der Waals surface area contributed by atoms with E-state index in [1.807, 2.05) is 6.92 Å². The van der Waals surface area contributed by atoms with Gasteiger partial charge in [0, 0.05) is 6.08 Å². The summed E-state index contributed by atoms with van der Waals surface area (Å²) >= 11 is 2.53. The lowest BCUT2D eigenvalue weighted by atomic mass is 10.5. The molecule has 0 aromatic carbocycles. The molecule has 2 nitrogen and oxygen atoms in total. The molecule has 0 radical (unpaired) electrons. The predicted molar refractivity (Wildman–Crippen MR) is 66.7 cm³/mol. The summed E-state index contributed by atoms with van der Waals surface area (Å²) in [5, 5.41) is 0. The zero-order valence-corrected chi connectivity index (χ0v) is 11.6. The van der Waals surface area contributed by atoms with Crippen molar-refractivity contribution in [2.24, 2.45) is 0 Å². The molecule has 0 aliphatic carbocycles. The summed E-state index contributed by atoms with van der Waals surface area (Å²) in [7, 11) is 0. The van der Waals surface area contributed by atoms with Crippen LogP contribution in [0, 0.1) is 0 Å². The van der Waals surface area contributed by atoms with E-state index in [-0.39, 0.29) is 5.97 Å². The average molecular weight is 312 g/mol. The Kier molecular flexibility index (Phi) is 6.67. The number of halogens is 1. The van der Waals surface area contributed by atoms with Crippen LogP contribution in [0.2, 0.25) is 19.1 Å². The highest BCUT2D eigenvalue weighted by molar-refractivity contribution is 14.1. The summed E-state index contributed by atoms with van der Waals surface area (Å²) in [4.78, 5) is 10.9. The maximum atomic E-state index is 10.9. The summed E-state index contributed by atoms with van der Waals surface area (Å²) in [5.74, 6) is -0.226. The van der Waals surface area contributed by atoms with Gasteiger partial charge in [0.15, 0.2) is 0 Å². The number of hydrogen-bond donors (Lipinski definition) is 0. The molecule has 0 unspecified atom stereocenters. The Morgan fingerprint density at radius 1 is 1.54 bits per heavy atom. The molecule has 0 saturated heterocycles. The molecule has 0 aliphatic heterocycles. The Bertz CT molecular complexity index is 185. The van der Waals surface area contributed by atoms with E-state index in [0.717, 1.165) is 6.42 Å². The Morgan fingerprint density at radius 2 is 2.15 bits per heavy atom. The molecule has 13 heavy (non-hydrogen) atoms. The van der Waals surface area contributed by atoms with Crippen molar-refractivity contribution in [3.8, 4) is 0 Å². The first-order valence-corrected chi connectivity index (χ1v) is 10.8. The van der Waals surface area contributed by atoms with Crippen molar-refractivity contribution >= 4 is 33.3 Å². The zero-order valence-electron chi connectivity index (χ0n) is 8.47. The lowest BCUT2D eigenvalue weighted by molar-refractivity contribution is -0.137. The van der Waals surface area contributed by atoms with Crippen LogP contribution in [0.15, 0.2) is 12.2 Å². The van der Waals surface area contributed by atoms with Gasteiger partial charge in [-0.15, -0.1) is 21.8 Å². The second kappa shape index (κ2) is 6.59. The number of rotatable bonds is 5. The highest BCUT2D eigenvalue weighted by atomic mass is 127. The number of allylic oxidation sites excluding steroid dienone is 1. The summed E-state index contributed by atoms with van der Waals surface area (Å²) < 4.78 is 4.97. The minimum Gasteiger partial charge on any atom is -0.463 e. The maximum absolute atomic E-state index is 10.9. The van der Waals surface area contributed by atoms with Gasteiger partial charge in [-0.25, -0.2) is 4.79 Å². The summed E-state index contributed by atoms with van der Waals surface area (Å²) in [6.07, 6.45) is 4.14. The number of hydrogen-bond acceptors (Lipinski definition) is 2. The van der Waals surface area contributed by atoms with Crippen molar-refractivity contribution in [1.82, 2.24) is 0 Å². The van der Waals surface area contributed by atoms with Crippen molar-refractivity contribution in [1.29, 1.82) is 0 Å². The second-order valence-electron chi connectivity index (χ2n) is 3.49. The normalized spacial score (nSPS) is 12.0. The average Bonchev–Trinajstić information content (AvgIpc) is 1.97. The Labute approximate surface area is 94.0 Å². The molecule has 0 amide bonds. The fourth-order valence-electron chi connectivity index (χ4n) is 0.849. The minimum absolute atomic E-state index is 0.226. The number of esters is 1. The van der Waals surface area contributed by atoms with Crippen molar-refractivity contribution in [3.63, 3.8) is 0 Å². The first kappa shape index (κ1) is 13.2. The molecule has 4 heteroatoms. The predicted octanol–water partition coefficient (Wildman–Crippen LogP) is 3.14. The molecule has 0 heterocycles. The van der Waals surface area contributed by atoms with Crippen LogP contribution in [0.25, 0.3) is 0 Å². The van der Waals surface area contributed by atoms with Crippen molar-refractivity contribution < 1.29 is 9.53 Å². The Hall–Kier alpha value is 0.157. The third-order valence-electron chi connectivity index (χ3n) is 1.46. The molecule has 0 rings (SSSR count). The summed E-state index contributed by atoms with van der Waals surface area (Å²) in [6, 6.07) is 1.21. The van der Waals surface area contributed by atoms with E-state index in [0.29, 0.717) is 6.61 Å². The monoisotopic (exact) mass is 312 g/mol. The van der Waals surface area contributed by atoms with Gasteiger partial charge in [0.2, 0.25) is 0 Å². The molecule has 0 N–H and O–H groups in total. The van der Waals surface area contributed by atoms with E-state index in [4.69, 9.17) is 4.74 Å². The fourth-order valence-corrected chi connectivity index (χ4v) is 2.98. The van der Waals surface area contributed by atoms with Crippen LogP contribution in [-0.2, 0) is 9.53 Å². The highest BCUT2D eigenvalue weighted by Crippen LogP contribution is 2.19. The molecule has 0 aliphatic rings. The second-order valence-corrected chi connectivity index (χ2v) is 16.2. The maximum Gasteiger partial charge on any atom is 0.330 e. The molecule has 0 aromatic heterocycles. The molecular formula is C9H17IO2Si. The minimum atomic E-state index is -0.987. The lowest BCUT2D eigenvalue weighted by Crippen LogP contribution is -2.15. The van der Waals surface area contributed by atoms with E-state index < -0.39 is 5.57 Å². The number of ether oxygens (including phenoxy) is 1. The van der Waals surface area contributed by atoms with Crippen LogP contribution < -0.4 is 0 Å². The van der Waals surface area contributed by atoms with Crippen LogP contribution in [0.3, 0.4) is 0 Å². The van der Waals surface area contributed by atoms with Crippen LogP contribution in [0.4, 0.5) is 0 Å². The van der Waals surface area contributed by atoms with Gasteiger partial charge < -0.3 is 4.74 Å². The molecule has 0 bridgehead atoms. The molecule has 76 valence electrons. The quantitative estimate of drug-likeness (QED) is 0.195. The highest BCUT2D eigenvalue weighted by Gasteiger charge is 2.14. The molecule has 0 aromatic rings. The first-order chi connectivity index (χ1) is 5.95. The van der Waals surface area contributed by atoms with Crippen LogP contribution in [-0.4, -0.2) is 18.1 Å². The molecule has 0 atom stereocenters. The fraction of sp³-hybridized carbons (Fsp3) is 0.667. The zero-order chi connectivity index (χ0) is 10.3. The van der Waals surface area contributed by atoms with E-state index in [2.05, 4.69) is 34.9 Å². The van der Waals surface area contributed by atoms with Gasteiger partial charge in [-0.3, -0.25) is 0 Å². The third-order valence-corrected chi connectivity index (χ3v) is 4.62. The first-order valence-electron chi connectivity index (χ1n) is 4.44. The number of carbonyl (C=O) groups excluding carboxylic acids is 1. The van der Waals surface area contributed by atoms with E-state index in [9.17, 15) is 4.79 Å². The van der Waals surface area contributed by atoms with Crippen molar-refractivity contribution in [2.45, 2.75) is 32.5 Å². The Morgan fingerprint density at radius 3 is 2.62 bits per heavy atom. The van der Waals surface area contributed by atoms with Crippen LogP contribution in [0.1, 0.15) is 13.3 Å². The van der Waals surface area contributed by atoms with Gasteiger partial charge in [0.05, 0.1) is 6.61 Å². The van der Waals surface area contributed by atoms with Gasteiger partial charge in [-0.2, -0.15) is 0 Å². The van der Waals surface area contributed by atoms with E-state index in [1.165, 1.54) is 12.1 Å². The SMILES string of the molecule is CC=CC(=O)OCCC[Si](C)(C)I. The number of carbonyl (C=O) groups is 1. The van der Waals surface area contributed by atoms with Crippen molar-refractivity contribution in [3.05, 3.63) is 12.2 Å².